The van der Waals surface area contributed by atoms with Crippen LogP contribution in [0.1, 0.15) is 12.0 Å². The number of nitrogens with zero attached hydrogens (tertiary/aromatic N) is 2. The molecule has 1 aromatic rings. The largest absolute Gasteiger partial charge is 0.393 e. The molecule has 1 fully saturated rings. The van der Waals surface area contributed by atoms with Gasteiger partial charge in [0.15, 0.2) is 0 Å². The Balaban J connectivity index is 1.93. The number of hydrogen-bond donors (Lipinski definition) is 1. The van der Waals surface area contributed by atoms with Crippen LogP contribution in [-0.2, 0) is 6.42 Å². The molecule has 0 aliphatic carbocycles. The van der Waals surface area contributed by atoms with Crippen molar-refractivity contribution in [3.8, 4) is 0 Å². The molecular formula is C15H22BrFN2O. The topological polar surface area (TPSA) is 26.7 Å². The zero-order valence-corrected chi connectivity index (χ0v) is 13.6. The van der Waals surface area contributed by atoms with Gasteiger partial charge in [0.2, 0.25) is 0 Å². The first kappa shape index (κ1) is 15.9. The van der Waals surface area contributed by atoms with Crippen molar-refractivity contribution in [3.63, 3.8) is 0 Å². The van der Waals surface area contributed by atoms with Gasteiger partial charge >= 0.3 is 0 Å². The van der Waals surface area contributed by atoms with Gasteiger partial charge in [-0.25, -0.2) is 4.39 Å². The third kappa shape index (κ3) is 4.25. The molecule has 1 aliphatic rings. The fourth-order valence-corrected chi connectivity index (χ4v) is 3.03. The summed E-state index contributed by atoms with van der Waals surface area (Å²) in [5, 5.41) is 10.2. The highest BCUT2D eigenvalue weighted by molar-refractivity contribution is 9.10. The van der Waals surface area contributed by atoms with Gasteiger partial charge < -0.3 is 14.9 Å². The van der Waals surface area contributed by atoms with Crippen LogP contribution in [0.4, 0.5) is 4.39 Å². The Morgan fingerprint density at radius 3 is 2.85 bits per heavy atom. The summed E-state index contributed by atoms with van der Waals surface area (Å²) in [6.45, 7) is 3.03. The summed E-state index contributed by atoms with van der Waals surface area (Å²) in [5.41, 5.74) is 0.576. The van der Waals surface area contributed by atoms with Crippen LogP contribution in [0.2, 0.25) is 0 Å². The lowest BCUT2D eigenvalue weighted by molar-refractivity contribution is 0.0636. The van der Waals surface area contributed by atoms with Gasteiger partial charge in [-0.05, 0) is 38.2 Å². The molecule has 2 unspecified atom stereocenters. The maximum atomic E-state index is 13.8. The first-order valence-corrected chi connectivity index (χ1v) is 7.76. The number of benzene rings is 1. The van der Waals surface area contributed by atoms with E-state index in [1.807, 2.05) is 6.07 Å². The van der Waals surface area contributed by atoms with Gasteiger partial charge in [0, 0.05) is 36.6 Å². The van der Waals surface area contributed by atoms with Gasteiger partial charge in [-0.1, -0.05) is 22.0 Å². The fourth-order valence-electron chi connectivity index (χ4n) is 2.69. The Hall–Kier alpha value is -0.490. The number of hydrogen-bond acceptors (Lipinski definition) is 3. The van der Waals surface area contributed by atoms with Crippen molar-refractivity contribution in [2.75, 3.05) is 33.7 Å². The summed E-state index contributed by atoms with van der Waals surface area (Å²) in [5.74, 6) is -0.257. The van der Waals surface area contributed by atoms with Crippen LogP contribution in [0.5, 0.6) is 0 Å². The van der Waals surface area contributed by atoms with E-state index in [1.54, 1.807) is 6.07 Å². The molecule has 5 heteroatoms. The van der Waals surface area contributed by atoms with Crippen molar-refractivity contribution in [1.82, 2.24) is 9.80 Å². The molecule has 0 bridgehead atoms. The van der Waals surface area contributed by atoms with Gasteiger partial charge in [0.1, 0.15) is 5.82 Å². The first-order valence-electron chi connectivity index (χ1n) is 6.96. The minimum Gasteiger partial charge on any atom is -0.393 e. The van der Waals surface area contributed by atoms with Gasteiger partial charge in [-0.2, -0.15) is 0 Å². The predicted octanol–water partition coefficient (Wildman–Crippen LogP) is 2.13. The van der Waals surface area contributed by atoms with E-state index >= 15 is 0 Å². The molecule has 1 saturated heterocycles. The average Bonchev–Trinajstić information content (AvgIpc) is 2.37. The van der Waals surface area contributed by atoms with E-state index in [0.29, 0.717) is 24.4 Å². The zero-order chi connectivity index (χ0) is 14.7. The molecule has 0 radical (unpaired) electrons. The molecule has 112 valence electrons. The Labute approximate surface area is 128 Å². The molecule has 0 saturated carbocycles. The highest BCUT2D eigenvalue weighted by Gasteiger charge is 2.24. The second-order valence-corrected chi connectivity index (χ2v) is 6.64. The molecule has 3 nitrogen and oxygen atoms in total. The molecule has 0 aromatic heterocycles. The minimum atomic E-state index is -0.510. The lowest BCUT2D eigenvalue weighted by atomic mass is 9.99. The SMILES string of the molecule is CN1CCN(C)C(CC(O)Cc2ccc(Br)cc2F)C1. The van der Waals surface area contributed by atoms with Crippen LogP contribution in [0, 0.1) is 5.82 Å². The smallest absolute Gasteiger partial charge is 0.127 e. The van der Waals surface area contributed by atoms with Crippen LogP contribution in [0.25, 0.3) is 0 Å². The zero-order valence-electron chi connectivity index (χ0n) is 12.0. The third-order valence-electron chi connectivity index (χ3n) is 3.99. The van der Waals surface area contributed by atoms with E-state index in [2.05, 4.69) is 39.8 Å². The summed E-state index contributed by atoms with van der Waals surface area (Å²) < 4.78 is 14.5. The Morgan fingerprint density at radius 2 is 2.15 bits per heavy atom. The molecular weight excluding hydrogens is 323 g/mol. The van der Waals surface area contributed by atoms with E-state index in [0.717, 1.165) is 24.1 Å². The second-order valence-electron chi connectivity index (χ2n) is 5.73. The van der Waals surface area contributed by atoms with Gasteiger partial charge in [0.25, 0.3) is 0 Å². The number of rotatable bonds is 4. The molecule has 0 amide bonds. The summed E-state index contributed by atoms with van der Waals surface area (Å²) in [6, 6.07) is 5.33. The van der Waals surface area contributed by atoms with Crippen molar-refractivity contribution in [2.45, 2.75) is 25.0 Å². The van der Waals surface area contributed by atoms with E-state index in [9.17, 15) is 9.50 Å². The lowest BCUT2D eigenvalue weighted by Gasteiger charge is -2.38. The predicted molar refractivity (Wildman–Crippen MR) is 82.3 cm³/mol. The molecule has 1 aromatic carbocycles. The maximum absolute atomic E-state index is 13.8. The van der Waals surface area contributed by atoms with Crippen LogP contribution in [-0.4, -0.2) is 60.8 Å². The van der Waals surface area contributed by atoms with Crippen molar-refractivity contribution in [3.05, 3.63) is 34.1 Å². The number of aliphatic hydroxyl groups is 1. The number of aliphatic hydroxyl groups excluding tert-OH is 1. The Bertz CT molecular complexity index is 457. The van der Waals surface area contributed by atoms with E-state index in [-0.39, 0.29) is 5.82 Å². The van der Waals surface area contributed by atoms with E-state index in [1.165, 1.54) is 6.07 Å². The highest BCUT2D eigenvalue weighted by Crippen LogP contribution is 2.19. The summed E-state index contributed by atoms with van der Waals surface area (Å²) in [6.07, 6.45) is 0.536. The lowest BCUT2D eigenvalue weighted by Crippen LogP contribution is -2.51. The molecule has 0 spiro atoms. The quantitative estimate of drug-likeness (QED) is 0.906. The fraction of sp³-hybridized carbons (Fsp3) is 0.600. The molecule has 1 aliphatic heterocycles. The minimum absolute atomic E-state index is 0.257. The summed E-state index contributed by atoms with van der Waals surface area (Å²) >= 11 is 3.24. The first-order chi connectivity index (χ1) is 9.45. The Kier molecular flexibility index (Phi) is 5.55. The van der Waals surface area contributed by atoms with Crippen molar-refractivity contribution in [2.24, 2.45) is 0 Å². The average molecular weight is 345 g/mol. The van der Waals surface area contributed by atoms with E-state index in [4.69, 9.17) is 0 Å². The monoisotopic (exact) mass is 344 g/mol. The number of halogens is 2. The van der Waals surface area contributed by atoms with Crippen molar-refractivity contribution in [1.29, 1.82) is 0 Å². The van der Waals surface area contributed by atoms with E-state index < -0.39 is 6.10 Å². The van der Waals surface area contributed by atoms with Gasteiger partial charge in [-0.15, -0.1) is 0 Å². The van der Waals surface area contributed by atoms with Crippen molar-refractivity contribution >= 4 is 15.9 Å². The number of piperazine rings is 1. The molecule has 1 heterocycles. The van der Waals surface area contributed by atoms with Crippen molar-refractivity contribution < 1.29 is 9.50 Å². The van der Waals surface area contributed by atoms with Crippen LogP contribution in [0.15, 0.2) is 22.7 Å². The third-order valence-corrected chi connectivity index (χ3v) is 4.49. The van der Waals surface area contributed by atoms with Gasteiger partial charge in [-0.3, -0.25) is 0 Å². The Morgan fingerprint density at radius 1 is 1.40 bits per heavy atom. The van der Waals surface area contributed by atoms with Gasteiger partial charge in [0.05, 0.1) is 6.10 Å². The normalized spacial score (nSPS) is 22.9. The molecule has 20 heavy (non-hydrogen) atoms. The molecule has 2 atom stereocenters. The maximum Gasteiger partial charge on any atom is 0.127 e. The van der Waals surface area contributed by atoms with Crippen LogP contribution >= 0.6 is 15.9 Å². The summed E-state index contributed by atoms with van der Waals surface area (Å²) in [7, 11) is 4.19. The second kappa shape index (κ2) is 6.98. The summed E-state index contributed by atoms with van der Waals surface area (Å²) in [4.78, 5) is 4.55. The van der Waals surface area contributed by atoms with Crippen LogP contribution < -0.4 is 0 Å². The standard InChI is InChI=1S/C15H22BrFN2O/c1-18-5-6-19(2)13(10-18)9-14(20)7-11-3-4-12(16)8-15(11)17/h3-4,8,13-14,20H,5-7,9-10H2,1-2H3. The van der Waals surface area contributed by atoms with Crippen LogP contribution in [0.3, 0.4) is 0 Å². The number of likely N-dealkylation sites (N-methyl/N-ethyl adjacent to an activating group) is 2. The molecule has 1 N–H and O–H groups in total. The highest BCUT2D eigenvalue weighted by atomic mass is 79.9. The molecule has 2 rings (SSSR count).